The van der Waals surface area contributed by atoms with E-state index in [1.807, 2.05) is 26.0 Å². The molecular weight excluding hydrogens is 186 g/mol. The number of terminal acetylenes is 1. The second kappa shape index (κ2) is 7.87. The van der Waals surface area contributed by atoms with Gasteiger partial charge in [-0.25, -0.2) is 0 Å². The molecule has 0 fully saturated rings. The predicted molar refractivity (Wildman–Crippen MR) is 64.7 cm³/mol. The third-order valence-electron chi connectivity index (χ3n) is 1.75. The van der Waals surface area contributed by atoms with Crippen LogP contribution in [0.1, 0.15) is 32.8 Å². The van der Waals surface area contributed by atoms with Crippen LogP contribution in [-0.2, 0) is 6.42 Å². The van der Waals surface area contributed by atoms with Gasteiger partial charge in [0, 0.05) is 17.7 Å². The minimum Gasteiger partial charge on any atom is -0.329 e. The molecule has 0 unspecified atom stereocenters. The average Bonchev–Trinajstić information content (AvgIpc) is 2.23. The topological polar surface area (TPSA) is 32.9 Å². The van der Waals surface area contributed by atoms with Crippen LogP contribution in [0.15, 0.2) is 23.1 Å². The van der Waals surface area contributed by atoms with Crippen molar-refractivity contribution in [3.8, 4) is 12.3 Å². The molecule has 1 aromatic rings. The molecule has 0 aromatic carbocycles. The summed E-state index contributed by atoms with van der Waals surface area (Å²) < 4.78 is 0. The summed E-state index contributed by atoms with van der Waals surface area (Å²) in [5.74, 6) is 2.94. The molecule has 82 valence electrons. The lowest BCUT2D eigenvalue weighted by atomic mass is 10.2. The molecule has 15 heavy (non-hydrogen) atoms. The number of H-pyrrole nitrogens is 1. The molecule has 1 rings (SSSR count). The summed E-state index contributed by atoms with van der Waals surface area (Å²) in [5, 5.41) is 0. The first-order valence-electron chi connectivity index (χ1n) is 5.24. The Balaban J connectivity index is 0.000000336. The van der Waals surface area contributed by atoms with Gasteiger partial charge >= 0.3 is 0 Å². The molecule has 0 radical (unpaired) electrons. The van der Waals surface area contributed by atoms with E-state index in [4.69, 9.17) is 6.42 Å². The highest BCUT2D eigenvalue weighted by Crippen LogP contribution is 1.93. The standard InChI is InChI=1S/C8H11NO.C5H8/c1-2-4-7-5-3-6-9-8(7)10;1-4-5(2)3/h3,5-6H,2,4H2,1H3,(H,9,10);1,5H,2-3H3. The molecule has 2 nitrogen and oxygen atoms in total. The van der Waals surface area contributed by atoms with Crippen molar-refractivity contribution in [3.63, 3.8) is 0 Å². The molecule has 0 aliphatic rings. The number of pyridine rings is 1. The van der Waals surface area contributed by atoms with Gasteiger partial charge in [-0.05, 0) is 12.5 Å². The summed E-state index contributed by atoms with van der Waals surface area (Å²) in [4.78, 5) is 13.6. The van der Waals surface area contributed by atoms with Gasteiger partial charge in [-0.1, -0.05) is 33.3 Å². The zero-order valence-corrected chi connectivity index (χ0v) is 9.71. The van der Waals surface area contributed by atoms with Crippen molar-refractivity contribution in [2.45, 2.75) is 33.6 Å². The normalized spacial score (nSPS) is 9.00. The van der Waals surface area contributed by atoms with Crippen molar-refractivity contribution >= 4 is 0 Å². The van der Waals surface area contributed by atoms with Gasteiger partial charge in [0.15, 0.2) is 0 Å². The molecule has 0 saturated carbocycles. The monoisotopic (exact) mass is 205 g/mol. The van der Waals surface area contributed by atoms with Crippen molar-refractivity contribution < 1.29 is 0 Å². The molecule has 1 heterocycles. The van der Waals surface area contributed by atoms with Crippen LogP contribution in [0.2, 0.25) is 0 Å². The minimum absolute atomic E-state index is 0.0457. The molecule has 0 atom stereocenters. The molecule has 0 amide bonds. The van der Waals surface area contributed by atoms with Crippen LogP contribution in [0.4, 0.5) is 0 Å². The van der Waals surface area contributed by atoms with Gasteiger partial charge in [-0.3, -0.25) is 4.79 Å². The van der Waals surface area contributed by atoms with E-state index >= 15 is 0 Å². The first-order chi connectivity index (χ1) is 7.11. The van der Waals surface area contributed by atoms with Crippen molar-refractivity contribution in [3.05, 3.63) is 34.2 Å². The van der Waals surface area contributed by atoms with E-state index in [1.165, 1.54) is 0 Å². The number of aromatic nitrogens is 1. The molecule has 1 N–H and O–H groups in total. The smallest absolute Gasteiger partial charge is 0.251 e. The summed E-state index contributed by atoms with van der Waals surface area (Å²) in [6, 6.07) is 3.72. The molecule has 0 aliphatic carbocycles. The lowest BCUT2D eigenvalue weighted by Crippen LogP contribution is -2.10. The Bertz CT molecular complexity index is 357. The number of hydrogen-bond acceptors (Lipinski definition) is 1. The summed E-state index contributed by atoms with van der Waals surface area (Å²) in [5.41, 5.74) is 0.925. The van der Waals surface area contributed by atoms with Gasteiger partial charge in [-0.15, -0.1) is 12.3 Å². The zero-order chi connectivity index (χ0) is 11.7. The van der Waals surface area contributed by atoms with Gasteiger partial charge in [0.25, 0.3) is 5.56 Å². The Hall–Kier alpha value is -1.49. The largest absolute Gasteiger partial charge is 0.329 e. The van der Waals surface area contributed by atoms with Gasteiger partial charge in [-0.2, -0.15) is 0 Å². The highest BCUT2D eigenvalue weighted by molar-refractivity contribution is 5.08. The minimum atomic E-state index is 0.0457. The van der Waals surface area contributed by atoms with Gasteiger partial charge < -0.3 is 4.98 Å². The van der Waals surface area contributed by atoms with E-state index in [2.05, 4.69) is 17.8 Å². The molecular formula is C13H19NO. The average molecular weight is 205 g/mol. The number of aryl methyl sites for hydroxylation is 1. The van der Waals surface area contributed by atoms with E-state index in [0.717, 1.165) is 18.4 Å². The van der Waals surface area contributed by atoms with Crippen LogP contribution in [0, 0.1) is 18.3 Å². The fourth-order valence-corrected chi connectivity index (χ4v) is 0.923. The highest BCUT2D eigenvalue weighted by Gasteiger charge is 1.93. The molecule has 0 saturated heterocycles. The van der Waals surface area contributed by atoms with E-state index in [1.54, 1.807) is 6.20 Å². The van der Waals surface area contributed by atoms with E-state index in [9.17, 15) is 4.79 Å². The highest BCUT2D eigenvalue weighted by atomic mass is 16.1. The van der Waals surface area contributed by atoms with Crippen molar-refractivity contribution in [1.29, 1.82) is 0 Å². The lowest BCUT2D eigenvalue weighted by Gasteiger charge is -1.93. The van der Waals surface area contributed by atoms with Crippen molar-refractivity contribution in [1.82, 2.24) is 4.98 Å². The van der Waals surface area contributed by atoms with E-state index in [0.29, 0.717) is 5.92 Å². The Morgan fingerprint density at radius 3 is 2.53 bits per heavy atom. The van der Waals surface area contributed by atoms with Crippen LogP contribution in [-0.4, -0.2) is 4.98 Å². The first-order valence-corrected chi connectivity index (χ1v) is 5.24. The second-order valence-corrected chi connectivity index (χ2v) is 3.60. The Kier molecular flexibility index (Phi) is 7.09. The number of aromatic amines is 1. The molecule has 0 spiro atoms. The van der Waals surface area contributed by atoms with E-state index in [-0.39, 0.29) is 5.56 Å². The second-order valence-electron chi connectivity index (χ2n) is 3.60. The van der Waals surface area contributed by atoms with Gasteiger partial charge in [0.2, 0.25) is 0 Å². The SMILES string of the molecule is C#CC(C)C.CCCc1ccc[nH]c1=O. The first kappa shape index (κ1) is 13.5. The van der Waals surface area contributed by atoms with Gasteiger partial charge in [0.1, 0.15) is 0 Å². The summed E-state index contributed by atoms with van der Waals surface area (Å²) in [7, 11) is 0. The fourth-order valence-electron chi connectivity index (χ4n) is 0.923. The van der Waals surface area contributed by atoms with Crippen molar-refractivity contribution in [2.24, 2.45) is 5.92 Å². The lowest BCUT2D eigenvalue weighted by molar-refractivity contribution is 0.868. The van der Waals surface area contributed by atoms with Crippen LogP contribution in [0.3, 0.4) is 0 Å². The summed E-state index contributed by atoms with van der Waals surface area (Å²) in [6.07, 6.45) is 8.47. The van der Waals surface area contributed by atoms with Crippen LogP contribution in [0.5, 0.6) is 0 Å². The fraction of sp³-hybridized carbons (Fsp3) is 0.462. The van der Waals surface area contributed by atoms with E-state index < -0.39 is 0 Å². The quantitative estimate of drug-likeness (QED) is 0.740. The summed E-state index contributed by atoms with van der Waals surface area (Å²) in [6.45, 7) is 6.03. The third-order valence-corrected chi connectivity index (χ3v) is 1.75. The maximum absolute atomic E-state index is 11.0. The maximum atomic E-state index is 11.0. The van der Waals surface area contributed by atoms with Crippen molar-refractivity contribution in [2.75, 3.05) is 0 Å². The predicted octanol–water partition coefficient (Wildman–Crippen LogP) is 2.60. The van der Waals surface area contributed by atoms with Crippen LogP contribution < -0.4 is 5.56 Å². The Morgan fingerprint density at radius 1 is 1.53 bits per heavy atom. The molecule has 1 aromatic heterocycles. The van der Waals surface area contributed by atoms with Crippen LogP contribution >= 0.6 is 0 Å². The number of nitrogens with one attached hydrogen (secondary N) is 1. The molecule has 0 aliphatic heterocycles. The molecule has 2 heteroatoms. The number of hydrogen-bond donors (Lipinski definition) is 1. The Morgan fingerprint density at radius 2 is 2.13 bits per heavy atom. The van der Waals surface area contributed by atoms with Crippen LogP contribution in [0.25, 0.3) is 0 Å². The third kappa shape index (κ3) is 6.56. The summed E-state index contributed by atoms with van der Waals surface area (Å²) >= 11 is 0. The molecule has 0 bridgehead atoms. The van der Waals surface area contributed by atoms with Gasteiger partial charge in [0.05, 0.1) is 0 Å². The Labute approximate surface area is 91.7 Å². The number of rotatable bonds is 2. The maximum Gasteiger partial charge on any atom is 0.251 e. The zero-order valence-electron chi connectivity index (χ0n) is 9.71.